The number of sulfonamides is 1. The van der Waals surface area contributed by atoms with Crippen molar-refractivity contribution in [1.82, 2.24) is 10.0 Å². The quantitative estimate of drug-likeness (QED) is 0.340. The second-order valence-corrected chi connectivity index (χ2v) is 10.3. The molecule has 0 aliphatic carbocycles. The van der Waals surface area contributed by atoms with Gasteiger partial charge >= 0.3 is 0 Å². The Labute approximate surface area is 206 Å². The van der Waals surface area contributed by atoms with E-state index in [4.69, 9.17) is 0 Å². The maximum Gasteiger partial charge on any atom is 0.251 e. The Hall–Kier alpha value is -3.74. The highest BCUT2D eigenvalue weighted by molar-refractivity contribution is 7.89. The molecule has 0 aromatic heterocycles. The van der Waals surface area contributed by atoms with Gasteiger partial charge in [-0.1, -0.05) is 84.4 Å². The SMILES string of the molecule is Cc1ccc([C@H](C)NC(=O)c2cccc(-c3ccc(S(=O)(=O)NCc4ccccc4)cc3)c2)cc1. The van der Waals surface area contributed by atoms with Crippen molar-refractivity contribution in [3.63, 3.8) is 0 Å². The molecule has 0 aliphatic rings. The van der Waals surface area contributed by atoms with E-state index >= 15 is 0 Å². The number of rotatable bonds is 8. The van der Waals surface area contributed by atoms with Crippen LogP contribution in [0, 0.1) is 6.92 Å². The van der Waals surface area contributed by atoms with E-state index in [-0.39, 0.29) is 23.4 Å². The highest BCUT2D eigenvalue weighted by Crippen LogP contribution is 2.23. The van der Waals surface area contributed by atoms with Crippen molar-refractivity contribution in [3.8, 4) is 11.1 Å². The average molecular weight is 485 g/mol. The summed E-state index contributed by atoms with van der Waals surface area (Å²) in [5, 5.41) is 3.04. The molecule has 0 spiro atoms. The molecular formula is C29H28N2O3S. The zero-order chi connectivity index (χ0) is 24.8. The normalized spacial score (nSPS) is 12.2. The van der Waals surface area contributed by atoms with E-state index in [1.165, 1.54) is 5.56 Å². The molecule has 1 amide bonds. The minimum absolute atomic E-state index is 0.125. The molecular weight excluding hydrogens is 456 g/mol. The van der Waals surface area contributed by atoms with Crippen LogP contribution in [0.1, 0.15) is 40.0 Å². The number of carbonyl (C=O) groups excluding carboxylic acids is 1. The number of amides is 1. The summed E-state index contributed by atoms with van der Waals surface area (Å²) in [5.74, 6) is -0.163. The van der Waals surface area contributed by atoms with Gasteiger partial charge in [-0.05, 0) is 60.4 Å². The van der Waals surface area contributed by atoms with E-state index in [0.29, 0.717) is 5.56 Å². The zero-order valence-corrected chi connectivity index (χ0v) is 20.5. The van der Waals surface area contributed by atoms with Gasteiger partial charge in [0.25, 0.3) is 5.91 Å². The summed E-state index contributed by atoms with van der Waals surface area (Å²) in [6, 6.07) is 31.3. The van der Waals surface area contributed by atoms with Crippen LogP contribution in [0.4, 0.5) is 0 Å². The number of hydrogen-bond acceptors (Lipinski definition) is 3. The van der Waals surface area contributed by atoms with E-state index in [0.717, 1.165) is 22.3 Å². The molecule has 2 N–H and O–H groups in total. The molecule has 6 heteroatoms. The molecule has 1 atom stereocenters. The van der Waals surface area contributed by atoms with Crippen molar-refractivity contribution in [2.75, 3.05) is 0 Å². The van der Waals surface area contributed by atoms with Gasteiger partial charge in [0.1, 0.15) is 0 Å². The van der Waals surface area contributed by atoms with Gasteiger partial charge in [0.15, 0.2) is 0 Å². The average Bonchev–Trinajstić information content (AvgIpc) is 2.88. The summed E-state index contributed by atoms with van der Waals surface area (Å²) in [6.07, 6.45) is 0. The van der Waals surface area contributed by atoms with Crippen molar-refractivity contribution in [3.05, 3.63) is 125 Å². The summed E-state index contributed by atoms with van der Waals surface area (Å²) in [5.41, 5.74) is 5.31. The fourth-order valence-corrected chi connectivity index (χ4v) is 4.76. The van der Waals surface area contributed by atoms with Crippen LogP contribution < -0.4 is 10.0 Å². The first-order chi connectivity index (χ1) is 16.8. The minimum Gasteiger partial charge on any atom is -0.346 e. The minimum atomic E-state index is -3.64. The van der Waals surface area contributed by atoms with Crippen LogP contribution in [-0.4, -0.2) is 14.3 Å². The predicted octanol–water partition coefficient (Wildman–Crippen LogP) is 5.63. The van der Waals surface area contributed by atoms with Gasteiger partial charge in [-0.3, -0.25) is 4.79 Å². The number of nitrogens with one attached hydrogen (secondary N) is 2. The van der Waals surface area contributed by atoms with Crippen LogP contribution in [0.5, 0.6) is 0 Å². The van der Waals surface area contributed by atoms with Gasteiger partial charge in [-0.2, -0.15) is 0 Å². The van der Waals surface area contributed by atoms with E-state index in [1.54, 1.807) is 30.3 Å². The fraction of sp³-hybridized carbons (Fsp3) is 0.138. The van der Waals surface area contributed by atoms with Crippen molar-refractivity contribution in [2.45, 2.75) is 31.3 Å². The van der Waals surface area contributed by atoms with E-state index < -0.39 is 10.0 Å². The van der Waals surface area contributed by atoms with Gasteiger partial charge in [-0.15, -0.1) is 0 Å². The lowest BCUT2D eigenvalue weighted by molar-refractivity contribution is 0.0940. The van der Waals surface area contributed by atoms with E-state index in [1.807, 2.05) is 86.6 Å². The van der Waals surface area contributed by atoms with Gasteiger partial charge < -0.3 is 5.32 Å². The van der Waals surface area contributed by atoms with Gasteiger partial charge in [-0.25, -0.2) is 13.1 Å². The highest BCUT2D eigenvalue weighted by atomic mass is 32.2. The Morgan fingerprint density at radius 3 is 2.17 bits per heavy atom. The maximum atomic E-state index is 12.9. The zero-order valence-electron chi connectivity index (χ0n) is 19.7. The van der Waals surface area contributed by atoms with Crippen LogP contribution in [0.2, 0.25) is 0 Å². The maximum absolute atomic E-state index is 12.9. The lowest BCUT2D eigenvalue weighted by Gasteiger charge is -2.15. The van der Waals surface area contributed by atoms with Gasteiger partial charge in [0.2, 0.25) is 10.0 Å². The summed E-state index contributed by atoms with van der Waals surface area (Å²) >= 11 is 0. The van der Waals surface area contributed by atoms with Gasteiger partial charge in [0.05, 0.1) is 10.9 Å². The summed E-state index contributed by atoms with van der Waals surface area (Å²) < 4.78 is 28.0. The van der Waals surface area contributed by atoms with Crippen LogP contribution in [0.3, 0.4) is 0 Å². The molecule has 4 rings (SSSR count). The summed E-state index contributed by atoms with van der Waals surface area (Å²) in [4.78, 5) is 13.0. The van der Waals surface area contributed by atoms with Gasteiger partial charge in [0, 0.05) is 12.1 Å². The van der Waals surface area contributed by atoms with Crippen LogP contribution in [-0.2, 0) is 16.6 Å². The molecule has 4 aromatic rings. The van der Waals surface area contributed by atoms with Crippen LogP contribution >= 0.6 is 0 Å². The first kappa shape index (κ1) is 24.4. The molecule has 5 nitrogen and oxygen atoms in total. The Morgan fingerprint density at radius 2 is 1.49 bits per heavy atom. The second-order valence-electron chi connectivity index (χ2n) is 8.52. The first-order valence-corrected chi connectivity index (χ1v) is 12.9. The molecule has 0 unspecified atom stereocenters. The monoisotopic (exact) mass is 484 g/mol. The highest BCUT2D eigenvalue weighted by Gasteiger charge is 2.15. The Bertz CT molecular complexity index is 1400. The number of aryl methyl sites for hydroxylation is 1. The lowest BCUT2D eigenvalue weighted by atomic mass is 10.0. The predicted molar refractivity (Wildman–Crippen MR) is 139 cm³/mol. The van der Waals surface area contributed by atoms with Crippen molar-refractivity contribution >= 4 is 15.9 Å². The molecule has 0 saturated carbocycles. The van der Waals surface area contributed by atoms with E-state index in [9.17, 15) is 13.2 Å². The molecule has 0 radical (unpaired) electrons. The molecule has 178 valence electrons. The molecule has 35 heavy (non-hydrogen) atoms. The standard InChI is InChI=1S/C29H28N2O3S/c1-21-11-13-24(14-12-21)22(2)31-29(32)27-10-6-9-26(19-27)25-15-17-28(18-16-25)35(33,34)30-20-23-7-4-3-5-8-23/h3-19,22,30H,20H2,1-2H3,(H,31,32)/t22-/m0/s1. The fourth-order valence-electron chi connectivity index (χ4n) is 3.74. The summed E-state index contributed by atoms with van der Waals surface area (Å²) in [6.45, 7) is 4.21. The number of benzene rings is 4. The van der Waals surface area contributed by atoms with Crippen molar-refractivity contribution < 1.29 is 13.2 Å². The smallest absolute Gasteiger partial charge is 0.251 e. The lowest BCUT2D eigenvalue weighted by Crippen LogP contribution is -2.26. The second kappa shape index (κ2) is 10.7. The third kappa shape index (κ3) is 6.23. The number of hydrogen-bond donors (Lipinski definition) is 2. The Kier molecular flexibility index (Phi) is 7.44. The third-order valence-corrected chi connectivity index (χ3v) is 7.27. The topological polar surface area (TPSA) is 75.3 Å². The third-order valence-electron chi connectivity index (χ3n) is 5.86. The molecule has 0 heterocycles. The Balaban J connectivity index is 1.45. The number of carbonyl (C=O) groups is 1. The van der Waals surface area contributed by atoms with Crippen LogP contribution in [0.25, 0.3) is 11.1 Å². The van der Waals surface area contributed by atoms with Crippen molar-refractivity contribution in [1.29, 1.82) is 0 Å². The van der Waals surface area contributed by atoms with Crippen LogP contribution in [0.15, 0.2) is 108 Å². The Morgan fingerprint density at radius 1 is 0.800 bits per heavy atom. The van der Waals surface area contributed by atoms with Crippen molar-refractivity contribution in [2.24, 2.45) is 0 Å². The molecule has 0 fully saturated rings. The first-order valence-electron chi connectivity index (χ1n) is 11.4. The van der Waals surface area contributed by atoms with E-state index in [2.05, 4.69) is 10.0 Å². The molecule has 0 bridgehead atoms. The summed E-state index contributed by atoms with van der Waals surface area (Å²) in [7, 11) is -3.64. The molecule has 0 aliphatic heterocycles. The molecule has 0 saturated heterocycles. The largest absolute Gasteiger partial charge is 0.346 e. The molecule has 4 aromatic carbocycles.